The second-order valence-corrected chi connectivity index (χ2v) is 6.90. The predicted octanol–water partition coefficient (Wildman–Crippen LogP) is 4.33. The van der Waals surface area contributed by atoms with Gasteiger partial charge in [-0.25, -0.2) is 4.79 Å². The van der Waals surface area contributed by atoms with E-state index in [4.69, 9.17) is 0 Å². The Morgan fingerprint density at radius 1 is 1.04 bits per heavy atom. The van der Waals surface area contributed by atoms with Crippen molar-refractivity contribution in [3.8, 4) is 0 Å². The van der Waals surface area contributed by atoms with Crippen LogP contribution in [0.2, 0.25) is 0 Å². The van der Waals surface area contributed by atoms with Crippen molar-refractivity contribution >= 4 is 23.3 Å². The van der Waals surface area contributed by atoms with E-state index in [1.807, 2.05) is 54.6 Å². The van der Waals surface area contributed by atoms with Crippen LogP contribution in [0.4, 0.5) is 16.2 Å². The maximum Gasteiger partial charge on any atom is 0.319 e. The van der Waals surface area contributed by atoms with Crippen molar-refractivity contribution < 1.29 is 9.59 Å². The van der Waals surface area contributed by atoms with Crippen LogP contribution in [-0.4, -0.2) is 18.5 Å². The molecule has 0 spiro atoms. The maximum atomic E-state index is 12.6. The van der Waals surface area contributed by atoms with E-state index in [9.17, 15) is 9.59 Å². The van der Waals surface area contributed by atoms with Gasteiger partial charge in [0.1, 0.15) is 0 Å². The Kier molecular flexibility index (Phi) is 5.56. The summed E-state index contributed by atoms with van der Waals surface area (Å²) in [5.74, 6) is 0.350. The summed E-state index contributed by atoms with van der Waals surface area (Å²) >= 11 is 0. The highest BCUT2D eigenvalue weighted by atomic mass is 16.2. The molecule has 1 aliphatic rings. The van der Waals surface area contributed by atoms with Crippen molar-refractivity contribution in [2.75, 3.05) is 16.8 Å². The lowest BCUT2D eigenvalue weighted by atomic mass is 9.96. The summed E-state index contributed by atoms with van der Waals surface area (Å²) in [5, 5.41) is 5.98. The van der Waals surface area contributed by atoms with E-state index in [0.29, 0.717) is 18.7 Å². The van der Waals surface area contributed by atoms with Crippen LogP contribution >= 0.6 is 0 Å². The minimum atomic E-state index is -0.272. The zero-order valence-electron chi connectivity index (χ0n) is 15.2. The number of hydrogen-bond donors (Lipinski definition) is 2. The molecule has 3 rings (SSSR count). The summed E-state index contributed by atoms with van der Waals surface area (Å²) in [6.45, 7) is 4.85. The monoisotopic (exact) mass is 351 g/mol. The first kappa shape index (κ1) is 18.0. The summed E-state index contributed by atoms with van der Waals surface area (Å²) in [6.07, 6.45) is 1.41. The van der Waals surface area contributed by atoms with Gasteiger partial charge in [0.05, 0.1) is 17.4 Å². The molecule has 0 aromatic heterocycles. The first-order valence-electron chi connectivity index (χ1n) is 9.08. The number of nitrogens with zero attached hydrogens (tertiary/aromatic N) is 1. The SMILES string of the molecule is CC(C)C(NC(=O)Nc1ccccc1N1CCCC1=O)c1ccccc1. The van der Waals surface area contributed by atoms with Gasteiger partial charge in [0.2, 0.25) is 5.91 Å². The van der Waals surface area contributed by atoms with Gasteiger partial charge in [0, 0.05) is 13.0 Å². The zero-order chi connectivity index (χ0) is 18.5. The number of hydrogen-bond acceptors (Lipinski definition) is 2. The molecule has 1 atom stereocenters. The van der Waals surface area contributed by atoms with Gasteiger partial charge in [-0.2, -0.15) is 0 Å². The van der Waals surface area contributed by atoms with Gasteiger partial charge >= 0.3 is 6.03 Å². The Labute approximate surface area is 154 Å². The standard InChI is InChI=1S/C21H25N3O2/c1-15(2)20(16-9-4-3-5-10-16)23-21(26)22-17-11-6-7-12-18(17)24-14-8-13-19(24)25/h3-7,9-12,15,20H,8,13-14H2,1-2H3,(H2,22,23,26). The van der Waals surface area contributed by atoms with Crippen LogP contribution in [0.25, 0.3) is 0 Å². The van der Waals surface area contributed by atoms with Gasteiger partial charge in [0.25, 0.3) is 0 Å². The lowest BCUT2D eigenvalue weighted by Crippen LogP contribution is -2.35. The third kappa shape index (κ3) is 4.04. The van der Waals surface area contributed by atoms with Crippen molar-refractivity contribution in [1.29, 1.82) is 0 Å². The number of urea groups is 1. The second kappa shape index (κ2) is 8.04. The fourth-order valence-electron chi connectivity index (χ4n) is 3.31. The normalized spacial score (nSPS) is 15.2. The lowest BCUT2D eigenvalue weighted by molar-refractivity contribution is -0.117. The molecule has 1 saturated heterocycles. The number of amides is 3. The van der Waals surface area contributed by atoms with E-state index in [0.717, 1.165) is 17.7 Å². The van der Waals surface area contributed by atoms with Crippen molar-refractivity contribution in [1.82, 2.24) is 5.32 Å². The van der Waals surface area contributed by atoms with Gasteiger partial charge in [-0.1, -0.05) is 56.3 Å². The Balaban J connectivity index is 1.75. The molecule has 5 heteroatoms. The van der Waals surface area contributed by atoms with Crippen molar-refractivity contribution in [3.05, 3.63) is 60.2 Å². The average molecular weight is 351 g/mol. The minimum Gasteiger partial charge on any atom is -0.331 e. The number of carbonyl (C=O) groups excluding carboxylic acids is 2. The van der Waals surface area contributed by atoms with Crippen molar-refractivity contribution in [2.24, 2.45) is 5.92 Å². The van der Waals surface area contributed by atoms with Crippen LogP contribution < -0.4 is 15.5 Å². The van der Waals surface area contributed by atoms with Crippen LogP contribution in [0.1, 0.15) is 38.3 Å². The molecule has 0 bridgehead atoms. The molecule has 3 amide bonds. The highest BCUT2D eigenvalue weighted by molar-refractivity contribution is 6.01. The Bertz CT molecular complexity index is 774. The van der Waals surface area contributed by atoms with Gasteiger partial charge < -0.3 is 15.5 Å². The number of rotatable bonds is 5. The van der Waals surface area contributed by atoms with Crippen LogP contribution in [0.3, 0.4) is 0 Å². The maximum absolute atomic E-state index is 12.6. The van der Waals surface area contributed by atoms with E-state index in [1.54, 1.807) is 4.90 Å². The van der Waals surface area contributed by atoms with E-state index >= 15 is 0 Å². The Morgan fingerprint density at radius 2 is 1.73 bits per heavy atom. The molecule has 2 N–H and O–H groups in total. The summed E-state index contributed by atoms with van der Waals surface area (Å²) in [5.41, 5.74) is 2.47. The summed E-state index contributed by atoms with van der Waals surface area (Å²) in [4.78, 5) is 26.4. The zero-order valence-corrected chi connectivity index (χ0v) is 15.2. The average Bonchev–Trinajstić information content (AvgIpc) is 3.06. The molecule has 0 saturated carbocycles. The first-order chi connectivity index (χ1) is 12.6. The van der Waals surface area contributed by atoms with Crippen molar-refractivity contribution in [2.45, 2.75) is 32.7 Å². The molecule has 136 valence electrons. The largest absolute Gasteiger partial charge is 0.331 e. The predicted molar refractivity (Wildman–Crippen MR) is 104 cm³/mol. The van der Waals surface area contributed by atoms with E-state index in [2.05, 4.69) is 24.5 Å². The number of anilines is 2. The van der Waals surface area contributed by atoms with E-state index in [-0.39, 0.29) is 23.9 Å². The van der Waals surface area contributed by atoms with Gasteiger partial charge in [-0.05, 0) is 30.0 Å². The quantitative estimate of drug-likeness (QED) is 0.842. The highest BCUT2D eigenvalue weighted by Gasteiger charge is 2.25. The van der Waals surface area contributed by atoms with Crippen LogP contribution in [-0.2, 0) is 4.79 Å². The van der Waals surface area contributed by atoms with Crippen LogP contribution in [0.15, 0.2) is 54.6 Å². The molecule has 26 heavy (non-hydrogen) atoms. The molecule has 0 radical (unpaired) electrons. The molecule has 2 aromatic carbocycles. The molecular weight excluding hydrogens is 326 g/mol. The number of nitrogens with one attached hydrogen (secondary N) is 2. The summed E-state index contributed by atoms with van der Waals surface area (Å²) < 4.78 is 0. The van der Waals surface area contributed by atoms with E-state index < -0.39 is 0 Å². The number of para-hydroxylation sites is 2. The molecule has 1 aliphatic heterocycles. The third-order valence-corrected chi connectivity index (χ3v) is 4.63. The summed E-state index contributed by atoms with van der Waals surface area (Å²) in [6, 6.07) is 17.0. The number of benzene rings is 2. The lowest BCUT2D eigenvalue weighted by Gasteiger charge is -2.24. The summed E-state index contributed by atoms with van der Waals surface area (Å²) in [7, 11) is 0. The molecule has 1 heterocycles. The van der Waals surface area contributed by atoms with E-state index in [1.165, 1.54) is 0 Å². The minimum absolute atomic E-state index is 0.0863. The van der Waals surface area contributed by atoms with Crippen molar-refractivity contribution in [3.63, 3.8) is 0 Å². The molecule has 1 unspecified atom stereocenters. The van der Waals surface area contributed by atoms with Crippen LogP contribution in [0.5, 0.6) is 0 Å². The molecule has 2 aromatic rings. The molecular formula is C21H25N3O2. The molecule has 5 nitrogen and oxygen atoms in total. The highest BCUT2D eigenvalue weighted by Crippen LogP contribution is 2.29. The topological polar surface area (TPSA) is 61.4 Å². The molecule has 1 fully saturated rings. The van der Waals surface area contributed by atoms with Gasteiger partial charge in [0.15, 0.2) is 0 Å². The van der Waals surface area contributed by atoms with Crippen LogP contribution in [0, 0.1) is 5.92 Å². The van der Waals surface area contributed by atoms with Gasteiger partial charge in [-0.3, -0.25) is 4.79 Å². The van der Waals surface area contributed by atoms with Gasteiger partial charge in [-0.15, -0.1) is 0 Å². The Morgan fingerprint density at radius 3 is 2.38 bits per heavy atom. The smallest absolute Gasteiger partial charge is 0.319 e. The third-order valence-electron chi connectivity index (χ3n) is 4.63. The first-order valence-corrected chi connectivity index (χ1v) is 9.08. The molecule has 0 aliphatic carbocycles. The second-order valence-electron chi connectivity index (χ2n) is 6.90. The fraction of sp³-hybridized carbons (Fsp3) is 0.333. The fourth-order valence-corrected chi connectivity index (χ4v) is 3.31. The Hall–Kier alpha value is -2.82. The number of carbonyl (C=O) groups is 2.